The van der Waals surface area contributed by atoms with Gasteiger partial charge in [0.1, 0.15) is 5.69 Å². The minimum Gasteiger partial charge on any atom is -0.334 e. The molecular formula is C16H23N3O. The summed E-state index contributed by atoms with van der Waals surface area (Å²) in [6.07, 6.45) is 6.40. The Balaban J connectivity index is 1.79. The van der Waals surface area contributed by atoms with Crippen LogP contribution in [-0.2, 0) is 0 Å². The predicted molar refractivity (Wildman–Crippen MR) is 78.7 cm³/mol. The third kappa shape index (κ3) is 2.44. The highest BCUT2D eigenvalue weighted by atomic mass is 16.2. The van der Waals surface area contributed by atoms with Crippen LogP contribution in [0.1, 0.15) is 48.7 Å². The van der Waals surface area contributed by atoms with Crippen LogP contribution in [-0.4, -0.2) is 40.5 Å². The molecule has 20 heavy (non-hydrogen) atoms. The number of rotatable bonds is 3. The molecule has 3 heterocycles. The number of carbonyl (C=O) groups excluding carboxylic acids is 1. The number of amides is 1. The summed E-state index contributed by atoms with van der Waals surface area (Å²) in [6, 6.07) is 5.41. The van der Waals surface area contributed by atoms with Gasteiger partial charge >= 0.3 is 0 Å². The molecule has 0 aliphatic carbocycles. The molecule has 2 aliphatic heterocycles. The predicted octanol–water partition coefficient (Wildman–Crippen LogP) is 2.14. The second-order valence-corrected chi connectivity index (χ2v) is 6.02. The molecule has 1 amide bonds. The van der Waals surface area contributed by atoms with E-state index in [-0.39, 0.29) is 5.91 Å². The lowest BCUT2D eigenvalue weighted by atomic mass is 9.97. The van der Waals surface area contributed by atoms with Gasteiger partial charge in [-0.3, -0.25) is 9.78 Å². The maximum atomic E-state index is 12.8. The molecule has 3 rings (SSSR count). The molecule has 2 aliphatic rings. The smallest absolute Gasteiger partial charge is 0.272 e. The van der Waals surface area contributed by atoms with Crippen LogP contribution >= 0.6 is 0 Å². The first-order chi connectivity index (χ1) is 9.69. The van der Waals surface area contributed by atoms with Gasteiger partial charge in [0.25, 0.3) is 5.91 Å². The van der Waals surface area contributed by atoms with Crippen LogP contribution in [0.4, 0.5) is 0 Å². The van der Waals surface area contributed by atoms with Crippen LogP contribution in [0.5, 0.6) is 0 Å². The second kappa shape index (κ2) is 5.52. The molecular weight excluding hydrogens is 250 g/mol. The normalized spacial score (nSPS) is 28.4. The van der Waals surface area contributed by atoms with Crippen molar-refractivity contribution in [2.75, 3.05) is 6.54 Å². The van der Waals surface area contributed by atoms with Crippen LogP contribution in [0.15, 0.2) is 18.3 Å². The van der Waals surface area contributed by atoms with E-state index in [2.05, 4.69) is 17.2 Å². The van der Waals surface area contributed by atoms with Crippen molar-refractivity contribution in [2.45, 2.75) is 57.7 Å². The van der Waals surface area contributed by atoms with Crippen LogP contribution in [0.3, 0.4) is 0 Å². The van der Waals surface area contributed by atoms with Gasteiger partial charge in [0.05, 0.1) is 0 Å². The maximum Gasteiger partial charge on any atom is 0.272 e. The number of hydrogen-bond donors (Lipinski definition) is 1. The highest BCUT2D eigenvalue weighted by molar-refractivity contribution is 5.93. The SMILES string of the molecule is CCN(C(=O)c1ncccc1C)C1CC2CCC(C1)N2. The van der Waals surface area contributed by atoms with E-state index in [9.17, 15) is 4.79 Å². The van der Waals surface area contributed by atoms with Crippen molar-refractivity contribution in [1.82, 2.24) is 15.2 Å². The minimum atomic E-state index is 0.0944. The van der Waals surface area contributed by atoms with Crippen molar-refractivity contribution in [3.8, 4) is 0 Å². The highest BCUT2D eigenvalue weighted by Gasteiger charge is 2.37. The second-order valence-electron chi connectivity index (χ2n) is 6.02. The van der Waals surface area contributed by atoms with Gasteiger partial charge in [0, 0.05) is 30.9 Å². The Hall–Kier alpha value is -1.42. The van der Waals surface area contributed by atoms with Gasteiger partial charge in [-0.25, -0.2) is 0 Å². The fourth-order valence-electron chi connectivity index (χ4n) is 3.69. The number of carbonyl (C=O) groups is 1. The molecule has 4 nitrogen and oxygen atoms in total. The van der Waals surface area contributed by atoms with Crippen LogP contribution in [0.2, 0.25) is 0 Å². The van der Waals surface area contributed by atoms with E-state index in [1.165, 1.54) is 12.8 Å². The first-order valence-electron chi connectivity index (χ1n) is 7.67. The Morgan fingerprint density at radius 3 is 2.70 bits per heavy atom. The van der Waals surface area contributed by atoms with Crippen molar-refractivity contribution in [1.29, 1.82) is 0 Å². The molecule has 1 N–H and O–H groups in total. The number of nitrogens with one attached hydrogen (secondary N) is 1. The largest absolute Gasteiger partial charge is 0.334 e. The number of hydrogen-bond acceptors (Lipinski definition) is 3. The zero-order valence-electron chi connectivity index (χ0n) is 12.3. The quantitative estimate of drug-likeness (QED) is 0.917. The summed E-state index contributed by atoms with van der Waals surface area (Å²) in [7, 11) is 0. The van der Waals surface area contributed by atoms with E-state index >= 15 is 0 Å². The van der Waals surface area contributed by atoms with Crippen molar-refractivity contribution in [3.05, 3.63) is 29.6 Å². The molecule has 2 fully saturated rings. The number of aryl methyl sites for hydroxylation is 1. The van der Waals surface area contributed by atoms with E-state index in [1.807, 2.05) is 24.0 Å². The van der Waals surface area contributed by atoms with E-state index in [0.717, 1.165) is 24.9 Å². The highest BCUT2D eigenvalue weighted by Crippen LogP contribution is 2.30. The standard InChI is InChI=1S/C16H23N3O/c1-3-19(14-9-12-6-7-13(10-14)18-12)16(20)15-11(2)5-4-8-17-15/h4-5,8,12-14,18H,3,6-7,9-10H2,1-2H3. The summed E-state index contributed by atoms with van der Waals surface area (Å²) in [5, 5.41) is 3.64. The van der Waals surface area contributed by atoms with Crippen LogP contribution in [0, 0.1) is 6.92 Å². The van der Waals surface area contributed by atoms with Gasteiger partial charge in [0.2, 0.25) is 0 Å². The zero-order chi connectivity index (χ0) is 14.1. The number of pyridine rings is 1. The van der Waals surface area contributed by atoms with Gasteiger partial charge < -0.3 is 10.2 Å². The third-order valence-electron chi connectivity index (χ3n) is 4.70. The van der Waals surface area contributed by atoms with Gasteiger partial charge in [-0.2, -0.15) is 0 Å². The van der Waals surface area contributed by atoms with Gasteiger partial charge in [-0.15, -0.1) is 0 Å². The Bertz CT molecular complexity index is 490. The molecule has 2 saturated heterocycles. The fourth-order valence-corrected chi connectivity index (χ4v) is 3.69. The summed E-state index contributed by atoms with van der Waals surface area (Å²) in [4.78, 5) is 19.1. The van der Waals surface area contributed by atoms with Crippen molar-refractivity contribution in [3.63, 3.8) is 0 Å². The van der Waals surface area contributed by atoms with Gasteiger partial charge in [0.15, 0.2) is 0 Å². The van der Waals surface area contributed by atoms with E-state index in [4.69, 9.17) is 0 Å². The molecule has 2 bridgehead atoms. The average molecular weight is 273 g/mol. The molecule has 2 atom stereocenters. The lowest BCUT2D eigenvalue weighted by molar-refractivity contribution is 0.0624. The third-order valence-corrected chi connectivity index (χ3v) is 4.70. The van der Waals surface area contributed by atoms with E-state index in [1.54, 1.807) is 6.20 Å². The minimum absolute atomic E-state index is 0.0944. The van der Waals surface area contributed by atoms with Gasteiger partial charge in [-0.05, 0) is 51.2 Å². The molecule has 1 aromatic rings. The first-order valence-corrected chi connectivity index (χ1v) is 7.67. The lowest BCUT2D eigenvalue weighted by Gasteiger charge is -2.37. The van der Waals surface area contributed by atoms with Crippen molar-refractivity contribution < 1.29 is 4.79 Å². The monoisotopic (exact) mass is 273 g/mol. The van der Waals surface area contributed by atoms with Crippen molar-refractivity contribution >= 4 is 5.91 Å². The molecule has 4 heteroatoms. The molecule has 0 saturated carbocycles. The van der Waals surface area contributed by atoms with Crippen LogP contribution in [0.25, 0.3) is 0 Å². The maximum absolute atomic E-state index is 12.8. The number of nitrogens with zero attached hydrogens (tertiary/aromatic N) is 2. The Labute approximate surface area is 120 Å². The molecule has 0 aromatic carbocycles. The average Bonchev–Trinajstić information content (AvgIpc) is 2.79. The summed E-state index contributed by atoms with van der Waals surface area (Å²) < 4.78 is 0. The molecule has 108 valence electrons. The summed E-state index contributed by atoms with van der Waals surface area (Å²) in [6.45, 7) is 4.79. The molecule has 0 spiro atoms. The number of fused-ring (bicyclic) bond motifs is 2. The van der Waals surface area contributed by atoms with Crippen molar-refractivity contribution in [2.24, 2.45) is 0 Å². The van der Waals surface area contributed by atoms with Gasteiger partial charge in [-0.1, -0.05) is 6.07 Å². The molecule has 0 radical (unpaired) electrons. The Kier molecular flexibility index (Phi) is 3.74. The number of aromatic nitrogens is 1. The zero-order valence-corrected chi connectivity index (χ0v) is 12.3. The summed E-state index contributed by atoms with van der Waals surface area (Å²) in [5.41, 5.74) is 1.58. The topological polar surface area (TPSA) is 45.2 Å². The lowest BCUT2D eigenvalue weighted by Crippen LogP contribution is -2.50. The summed E-state index contributed by atoms with van der Waals surface area (Å²) in [5.74, 6) is 0.0944. The molecule has 2 unspecified atom stereocenters. The Morgan fingerprint density at radius 2 is 2.10 bits per heavy atom. The molecule has 1 aromatic heterocycles. The van der Waals surface area contributed by atoms with Crippen LogP contribution < -0.4 is 5.32 Å². The number of piperidine rings is 1. The summed E-state index contributed by atoms with van der Waals surface area (Å²) >= 11 is 0. The fraction of sp³-hybridized carbons (Fsp3) is 0.625. The van der Waals surface area contributed by atoms with E-state index in [0.29, 0.717) is 23.8 Å². The Morgan fingerprint density at radius 1 is 1.40 bits per heavy atom. The first kappa shape index (κ1) is 13.6. The van der Waals surface area contributed by atoms with E-state index < -0.39 is 0 Å².